The van der Waals surface area contributed by atoms with E-state index in [2.05, 4.69) is 10.4 Å². The van der Waals surface area contributed by atoms with E-state index >= 15 is 0 Å². The van der Waals surface area contributed by atoms with Gasteiger partial charge in [-0.2, -0.15) is 18.3 Å². The molecule has 0 bridgehead atoms. The Balaban J connectivity index is 2.56. The molecule has 1 aromatic heterocycles. The van der Waals surface area contributed by atoms with Crippen molar-refractivity contribution in [2.24, 2.45) is 7.05 Å². The lowest BCUT2D eigenvalue weighted by Crippen LogP contribution is -2.22. The van der Waals surface area contributed by atoms with Crippen LogP contribution >= 0.6 is 0 Å². The number of alkyl halides is 3. The Labute approximate surface area is 115 Å². The maximum atomic E-state index is 13.1. The average Bonchev–Trinajstić information content (AvgIpc) is 2.72. The predicted octanol–water partition coefficient (Wildman–Crippen LogP) is 3.06. The van der Waals surface area contributed by atoms with Gasteiger partial charge in [-0.25, -0.2) is 0 Å². The van der Waals surface area contributed by atoms with Crippen LogP contribution < -0.4 is 5.32 Å². The van der Waals surface area contributed by atoms with Crippen molar-refractivity contribution in [1.29, 1.82) is 0 Å². The fourth-order valence-corrected chi connectivity index (χ4v) is 2.28. The smallest absolute Gasteiger partial charge is 0.309 e. The van der Waals surface area contributed by atoms with Gasteiger partial charge in [-0.1, -0.05) is 18.2 Å². The monoisotopic (exact) mass is 283 g/mol. The van der Waals surface area contributed by atoms with Crippen LogP contribution in [0.5, 0.6) is 0 Å². The van der Waals surface area contributed by atoms with Crippen molar-refractivity contribution in [3.63, 3.8) is 0 Å². The van der Waals surface area contributed by atoms with Crippen molar-refractivity contribution in [1.82, 2.24) is 15.1 Å². The molecule has 1 N–H and O–H groups in total. The number of benzene rings is 1. The van der Waals surface area contributed by atoms with E-state index < -0.39 is 17.8 Å². The van der Waals surface area contributed by atoms with Crippen LogP contribution in [0.4, 0.5) is 13.2 Å². The molecule has 0 saturated heterocycles. The lowest BCUT2D eigenvalue weighted by Gasteiger charge is -2.21. The molecule has 0 aliphatic rings. The number of nitrogens with one attached hydrogen (secondary N) is 1. The summed E-state index contributed by atoms with van der Waals surface area (Å²) >= 11 is 0. The van der Waals surface area contributed by atoms with Crippen LogP contribution in [0.15, 0.2) is 30.5 Å². The SMILES string of the molecule is CNC(c1ccccc1C(F)(F)F)c1cnn(C)c1C. The Hall–Kier alpha value is -1.82. The number of halogens is 3. The minimum Gasteiger partial charge on any atom is -0.309 e. The summed E-state index contributed by atoms with van der Waals surface area (Å²) in [4.78, 5) is 0. The molecule has 0 amide bonds. The molecule has 0 radical (unpaired) electrons. The summed E-state index contributed by atoms with van der Waals surface area (Å²) in [5, 5.41) is 7.05. The highest BCUT2D eigenvalue weighted by atomic mass is 19.4. The Morgan fingerprint density at radius 3 is 2.35 bits per heavy atom. The van der Waals surface area contributed by atoms with Gasteiger partial charge >= 0.3 is 6.18 Å². The van der Waals surface area contributed by atoms with Gasteiger partial charge in [0.1, 0.15) is 0 Å². The van der Waals surface area contributed by atoms with Gasteiger partial charge in [0, 0.05) is 18.3 Å². The van der Waals surface area contributed by atoms with Crippen molar-refractivity contribution in [2.75, 3.05) is 7.05 Å². The number of rotatable bonds is 3. The second-order valence-corrected chi connectivity index (χ2v) is 4.62. The van der Waals surface area contributed by atoms with E-state index in [1.165, 1.54) is 12.1 Å². The zero-order valence-corrected chi connectivity index (χ0v) is 11.5. The summed E-state index contributed by atoms with van der Waals surface area (Å²) in [7, 11) is 3.41. The first kappa shape index (κ1) is 14.6. The van der Waals surface area contributed by atoms with Gasteiger partial charge in [0.2, 0.25) is 0 Å². The highest BCUT2D eigenvalue weighted by molar-refractivity contribution is 5.39. The molecule has 1 unspecified atom stereocenters. The maximum absolute atomic E-state index is 13.1. The Kier molecular flexibility index (Phi) is 3.85. The van der Waals surface area contributed by atoms with Crippen molar-refractivity contribution in [3.05, 3.63) is 52.8 Å². The lowest BCUT2D eigenvalue weighted by molar-refractivity contribution is -0.138. The molecule has 3 nitrogen and oxygen atoms in total. The van der Waals surface area contributed by atoms with Gasteiger partial charge in [0.05, 0.1) is 17.8 Å². The van der Waals surface area contributed by atoms with Crippen LogP contribution in [0.3, 0.4) is 0 Å². The molecule has 1 atom stereocenters. The van der Waals surface area contributed by atoms with Crippen LogP contribution in [0.1, 0.15) is 28.4 Å². The van der Waals surface area contributed by atoms with E-state index in [0.29, 0.717) is 0 Å². The molecule has 108 valence electrons. The number of aromatic nitrogens is 2. The normalized spacial score (nSPS) is 13.5. The van der Waals surface area contributed by atoms with E-state index in [-0.39, 0.29) is 5.56 Å². The van der Waals surface area contributed by atoms with Gasteiger partial charge in [0.25, 0.3) is 0 Å². The van der Waals surface area contributed by atoms with Crippen LogP contribution in [-0.2, 0) is 13.2 Å². The van der Waals surface area contributed by atoms with Crippen LogP contribution in [0.2, 0.25) is 0 Å². The number of hydrogen-bond acceptors (Lipinski definition) is 2. The summed E-state index contributed by atoms with van der Waals surface area (Å²) in [5.41, 5.74) is 1.16. The van der Waals surface area contributed by atoms with E-state index in [1.807, 2.05) is 6.92 Å². The summed E-state index contributed by atoms with van der Waals surface area (Å²) < 4.78 is 41.0. The standard InChI is InChI=1S/C14H16F3N3/c1-9-11(8-19-20(9)3)13(18-2)10-6-4-5-7-12(10)14(15,16)17/h4-8,13,18H,1-3H3. The first-order chi connectivity index (χ1) is 9.36. The van der Waals surface area contributed by atoms with E-state index in [4.69, 9.17) is 0 Å². The maximum Gasteiger partial charge on any atom is 0.416 e. The van der Waals surface area contributed by atoms with Gasteiger partial charge in [-0.05, 0) is 25.6 Å². The average molecular weight is 283 g/mol. The van der Waals surface area contributed by atoms with Gasteiger partial charge in [0.15, 0.2) is 0 Å². The molecule has 6 heteroatoms. The van der Waals surface area contributed by atoms with Gasteiger partial charge in [-0.3, -0.25) is 4.68 Å². The molecule has 0 fully saturated rings. The predicted molar refractivity (Wildman–Crippen MR) is 70.3 cm³/mol. The fourth-order valence-electron chi connectivity index (χ4n) is 2.28. The summed E-state index contributed by atoms with van der Waals surface area (Å²) in [6, 6.07) is 5.07. The largest absolute Gasteiger partial charge is 0.416 e. The minimum absolute atomic E-state index is 0.207. The highest BCUT2D eigenvalue weighted by Crippen LogP contribution is 2.36. The molecule has 2 rings (SSSR count). The number of nitrogens with zero attached hydrogens (tertiary/aromatic N) is 2. The third-order valence-electron chi connectivity index (χ3n) is 3.45. The molecule has 2 aromatic rings. The van der Waals surface area contributed by atoms with Crippen LogP contribution in [0, 0.1) is 6.92 Å². The topological polar surface area (TPSA) is 29.9 Å². The third-order valence-corrected chi connectivity index (χ3v) is 3.45. The molecular weight excluding hydrogens is 267 g/mol. The lowest BCUT2D eigenvalue weighted by atomic mass is 9.94. The van der Waals surface area contributed by atoms with Crippen LogP contribution in [0.25, 0.3) is 0 Å². The number of aryl methyl sites for hydroxylation is 1. The van der Waals surface area contributed by atoms with Crippen molar-refractivity contribution in [2.45, 2.75) is 19.1 Å². The quantitative estimate of drug-likeness (QED) is 0.938. The molecule has 0 spiro atoms. The molecule has 20 heavy (non-hydrogen) atoms. The Morgan fingerprint density at radius 2 is 1.85 bits per heavy atom. The van der Waals surface area contributed by atoms with Crippen LogP contribution in [-0.4, -0.2) is 16.8 Å². The Morgan fingerprint density at radius 1 is 1.20 bits per heavy atom. The van der Waals surface area contributed by atoms with Crippen molar-refractivity contribution >= 4 is 0 Å². The molecular formula is C14H16F3N3. The van der Waals surface area contributed by atoms with Gasteiger partial charge in [-0.15, -0.1) is 0 Å². The van der Waals surface area contributed by atoms with E-state index in [1.54, 1.807) is 31.0 Å². The molecule has 0 aliphatic heterocycles. The van der Waals surface area contributed by atoms with Crippen molar-refractivity contribution < 1.29 is 13.2 Å². The fraction of sp³-hybridized carbons (Fsp3) is 0.357. The second-order valence-electron chi connectivity index (χ2n) is 4.62. The second kappa shape index (κ2) is 5.28. The number of hydrogen-bond donors (Lipinski definition) is 1. The third kappa shape index (κ3) is 2.56. The van der Waals surface area contributed by atoms with E-state index in [9.17, 15) is 13.2 Å². The van der Waals surface area contributed by atoms with Gasteiger partial charge < -0.3 is 5.32 Å². The first-order valence-corrected chi connectivity index (χ1v) is 6.18. The molecule has 0 saturated carbocycles. The molecule has 1 heterocycles. The summed E-state index contributed by atoms with van der Waals surface area (Å²) in [5.74, 6) is 0. The molecule has 1 aromatic carbocycles. The highest BCUT2D eigenvalue weighted by Gasteiger charge is 2.35. The van der Waals surface area contributed by atoms with E-state index in [0.717, 1.165) is 17.3 Å². The zero-order chi connectivity index (χ0) is 14.9. The Bertz CT molecular complexity index is 602. The van der Waals surface area contributed by atoms with Crippen molar-refractivity contribution in [3.8, 4) is 0 Å². The minimum atomic E-state index is -4.37. The summed E-state index contributed by atoms with van der Waals surface area (Å²) in [6.45, 7) is 1.84. The molecule has 0 aliphatic carbocycles. The first-order valence-electron chi connectivity index (χ1n) is 6.18. The summed E-state index contributed by atoms with van der Waals surface area (Å²) in [6.07, 6.45) is -2.77. The zero-order valence-electron chi connectivity index (χ0n) is 11.5.